The average Bonchev–Trinajstić information content (AvgIpc) is 2.40. The number of aliphatic hydroxyl groups is 1. The molecule has 0 fully saturated rings. The van der Waals surface area contributed by atoms with Gasteiger partial charge in [-0.05, 0) is 34.7 Å². The Morgan fingerprint density at radius 3 is 2.65 bits per heavy atom. The summed E-state index contributed by atoms with van der Waals surface area (Å²) < 4.78 is 5.79. The van der Waals surface area contributed by atoms with Crippen LogP contribution >= 0.6 is 34.2 Å². The molecule has 0 bridgehead atoms. The Balaban J connectivity index is 3.02. The molecule has 6 nitrogen and oxygen atoms in total. The molecule has 0 saturated carbocycles. The van der Waals surface area contributed by atoms with Gasteiger partial charge in [0.2, 0.25) is 0 Å². The molecule has 1 rings (SSSR count). The maximum absolute atomic E-state index is 12.1. The third kappa shape index (κ3) is 4.22. The van der Waals surface area contributed by atoms with Gasteiger partial charge < -0.3 is 20.3 Å². The summed E-state index contributed by atoms with van der Waals surface area (Å²) in [4.78, 5) is 23.0. The molecule has 110 valence electrons. The zero-order chi connectivity index (χ0) is 15.3. The molecule has 1 aromatic rings. The number of carboxylic acid groups (broad SMARTS) is 1. The van der Waals surface area contributed by atoms with Crippen molar-refractivity contribution in [1.29, 1.82) is 0 Å². The molecule has 0 saturated heterocycles. The summed E-state index contributed by atoms with van der Waals surface area (Å²) in [5.74, 6) is -1.55. The van der Waals surface area contributed by atoms with Crippen LogP contribution in [0.5, 0.6) is 5.75 Å². The molecule has 0 aliphatic rings. The van der Waals surface area contributed by atoms with Crippen LogP contribution in [0.25, 0.3) is 0 Å². The standard InChI is InChI=1S/C12H13ClINO5/c1-20-10-5-8(14)7(13)4-6(10)11(17)15-9(2-3-16)12(18)19/h4-5,9,16H,2-3H2,1H3,(H,15,17)(H,18,19). The second kappa shape index (κ2) is 7.65. The molecule has 20 heavy (non-hydrogen) atoms. The molecule has 0 spiro atoms. The van der Waals surface area contributed by atoms with Crippen LogP contribution < -0.4 is 10.1 Å². The summed E-state index contributed by atoms with van der Waals surface area (Å²) in [6, 6.07) is 1.82. The maximum Gasteiger partial charge on any atom is 0.326 e. The largest absolute Gasteiger partial charge is 0.496 e. The highest BCUT2D eigenvalue weighted by Crippen LogP contribution is 2.28. The number of benzene rings is 1. The third-order valence-corrected chi connectivity index (χ3v) is 4.03. The van der Waals surface area contributed by atoms with Crippen LogP contribution in [0, 0.1) is 3.57 Å². The van der Waals surface area contributed by atoms with E-state index in [-0.39, 0.29) is 18.6 Å². The molecule has 1 unspecified atom stereocenters. The Kier molecular flexibility index (Phi) is 6.50. The van der Waals surface area contributed by atoms with E-state index in [1.54, 1.807) is 6.07 Å². The fourth-order valence-corrected chi connectivity index (χ4v) is 2.10. The number of amides is 1. The lowest BCUT2D eigenvalue weighted by Crippen LogP contribution is -2.41. The molecular formula is C12H13ClINO5. The number of methoxy groups -OCH3 is 1. The number of ether oxygens (including phenoxy) is 1. The highest BCUT2D eigenvalue weighted by molar-refractivity contribution is 14.1. The van der Waals surface area contributed by atoms with Crippen LogP contribution in [0.4, 0.5) is 0 Å². The SMILES string of the molecule is COc1cc(I)c(Cl)cc1C(=O)NC(CCO)C(=O)O. The first kappa shape index (κ1) is 17.0. The number of aliphatic hydroxyl groups excluding tert-OH is 1. The smallest absolute Gasteiger partial charge is 0.326 e. The van der Waals surface area contributed by atoms with Crippen molar-refractivity contribution in [3.05, 3.63) is 26.3 Å². The van der Waals surface area contributed by atoms with Crippen LogP contribution in [0.15, 0.2) is 12.1 Å². The molecule has 1 aromatic carbocycles. The first-order valence-electron chi connectivity index (χ1n) is 5.58. The van der Waals surface area contributed by atoms with Crippen molar-refractivity contribution in [3.8, 4) is 5.75 Å². The molecule has 8 heteroatoms. The van der Waals surface area contributed by atoms with Gasteiger partial charge in [0.05, 0.1) is 17.7 Å². The number of carboxylic acids is 1. The lowest BCUT2D eigenvalue weighted by molar-refractivity contribution is -0.139. The first-order chi connectivity index (χ1) is 9.40. The van der Waals surface area contributed by atoms with Gasteiger partial charge >= 0.3 is 5.97 Å². The van der Waals surface area contributed by atoms with Gasteiger partial charge in [0, 0.05) is 16.6 Å². The molecule has 0 radical (unpaired) electrons. The Bertz CT molecular complexity index is 523. The van der Waals surface area contributed by atoms with E-state index in [1.807, 2.05) is 22.6 Å². The summed E-state index contributed by atoms with van der Waals surface area (Å²) in [5, 5.41) is 20.4. The zero-order valence-electron chi connectivity index (χ0n) is 10.5. The molecule has 0 aliphatic carbocycles. The monoisotopic (exact) mass is 413 g/mol. The van der Waals surface area contributed by atoms with Crippen molar-refractivity contribution in [2.24, 2.45) is 0 Å². The fourth-order valence-electron chi connectivity index (χ4n) is 1.50. The van der Waals surface area contributed by atoms with Gasteiger partial charge in [-0.25, -0.2) is 4.79 Å². The Morgan fingerprint density at radius 1 is 1.50 bits per heavy atom. The van der Waals surface area contributed by atoms with E-state index in [0.717, 1.165) is 0 Å². The molecule has 0 heterocycles. The number of halogens is 2. The fraction of sp³-hybridized carbons (Fsp3) is 0.333. The minimum atomic E-state index is -1.22. The van der Waals surface area contributed by atoms with Crippen molar-refractivity contribution < 1.29 is 24.5 Å². The number of hydrogen-bond acceptors (Lipinski definition) is 4. The number of carbonyl (C=O) groups excluding carboxylic acids is 1. The minimum absolute atomic E-state index is 0.0819. The van der Waals surface area contributed by atoms with E-state index < -0.39 is 17.9 Å². The van der Waals surface area contributed by atoms with Gasteiger partial charge in [-0.2, -0.15) is 0 Å². The summed E-state index contributed by atoms with van der Waals surface area (Å²) in [5.41, 5.74) is 0.141. The lowest BCUT2D eigenvalue weighted by Gasteiger charge is -2.15. The number of aliphatic carboxylic acids is 1. The number of nitrogens with one attached hydrogen (secondary N) is 1. The van der Waals surface area contributed by atoms with Gasteiger partial charge in [-0.15, -0.1) is 0 Å². The summed E-state index contributed by atoms with van der Waals surface area (Å²) in [7, 11) is 1.40. The predicted molar refractivity (Wildman–Crippen MR) is 81.3 cm³/mol. The summed E-state index contributed by atoms with van der Waals surface area (Å²) in [6.45, 7) is -0.345. The summed E-state index contributed by atoms with van der Waals surface area (Å²) in [6.07, 6.45) is -0.0819. The number of carbonyl (C=O) groups is 2. The van der Waals surface area contributed by atoms with Crippen molar-refractivity contribution in [2.75, 3.05) is 13.7 Å². The van der Waals surface area contributed by atoms with Crippen LogP contribution in [-0.2, 0) is 4.79 Å². The Labute approximate surface area is 134 Å². The topological polar surface area (TPSA) is 95.9 Å². The van der Waals surface area contributed by atoms with Gasteiger partial charge in [0.1, 0.15) is 11.8 Å². The first-order valence-corrected chi connectivity index (χ1v) is 7.04. The van der Waals surface area contributed by atoms with Crippen molar-refractivity contribution in [3.63, 3.8) is 0 Å². The second-order valence-electron chi connectivity index (χ2n) is 3.84. The van der Waals surface area contributed by atoms with E-state index in [0.29, 0.717) is 14.3 Å². The van der Waals surface area contributed by atoms with E-state index in [4.69, 9.17) is 26.6 Å². The third-order valence-electron chi connectivity index (χ3n) is 2.51. The van der Waals surface area contributed by atoms with Gasteiger partial charge in [-0.1, -0.05) is 11.6 Å². The maximum atomic E-state index is 12.1. The van der Waals surface area contributed by atoms with E-state index >= 15 is 0 Å². The number of hydrogen-bond donors (Lipinski definition) is 3. The lowest BCUT2D eigenvalue weighted by atomic mass is 10.1. The van der Waals surface area contributed by atoms with Crippen LogP contribution in [0.1, 0.15) is 16.8 Å². The normalized spacial score (nSPS) is 11.8. The quantitative estimate of drug-likeness (QED) is 0.615. The van der Waals surface area contributed by atoms with Crippen molar-refractivity contribution in [1.82, 2.24) is 5.32 Å². The van der Waals surface area contributed by atoms with E-state index in [9.17, 15) is 9.59 Å². The van der Waals surface area contributed by atoms with Crippen molar-refractivity contribution >= 4 is 46.1 Å². The minimum Gasteiger partial charge on any atom is -0.496 e. The average molecular weight is 414 g/mol. The highest BCUT2D eigenvalue weighted by atomic mass is 127. The molecule has 1 atom stereocenters. The molecule has 0 aromatic heterocycles. The summed E-state index contributed by atoms with van der Waals surface area (Å²) >= 11 is 7.94. The Hall–Kier alpha value is -1.06. The zero-order valence-corrected chi connectivity index (χ0v) is 13.4. The Morgan fingerprint density at radius 2 is 2.15 bits per heavy atom. The van der Waals surface area contributed by atoms with E-state index in [2.05, 4.69) is 5.32 Å². The van der Waals surface area contributed by atoms with Gasteiger partial charge in [-0.3, -0.25) is 4.79 Å². The van der Waals surface area contributed by atoms with Gasteiger partial charge in [0.15, 0.2) is 0 Å². The van der Waals surface area contributed by atoms with Gasteiger partial charge in [0.25, 0.3) is 5.91 Å². The second-order valence-corrected chi connectivity index (χ2v) is 5.41. The molecular weight excluding hydrogens is 400 g/mol. The van der Waals surface area contributed by atoms with Crippen LogP contribution in [0.3, 0.4) is 0 Å². The molecule has 0 aliphatic heterocycles. The highest BCUT2D eigenvalue weighted by Gasteiger charge is 2.22. The van der Waals surface area contributed by atoms with E-state index in [1.165, 1.54) is 13.2 Å². The molecule has 3 N–H and O–H groups in total. The van der Waals surface area contributed by atoms with Crippen LogP contribution in [0.2, 0.25) is 5.02 Å². The van der Waals surface area contributed by atoms with Crippen LogP contribution in [-0.4, -0.2) is 41.8 Å². The van der Waals surface area contributed by atoms with Crippen molar-refractivity contribution in [2.45, 2.75) is 12.5 Å². The molecule has 1 amide bonds. The predicted octanol–water partition coefficient (Wildman–Crippen LogP) is 1.52. The number of rotatable bonds is 6.